The Labute approximate surface area is 108 Å². The minimum atomic E-state index is 0.594. The molecule has 0 aromatic carbocycles. The Morgan fingerprint density at radius 1 is 1.12 bits per heavy atom. The van der Waals surface area contributed by atoms with Gasteiger partial charge in [0.15, 0.2) is 0 Å². The Hall–Kier alpha value is -0.230. The molecule has 2 fully saturated rings. The van der Waals surface area contributed by atoms with E-state index in [0.29, 0.717) is 6.17 Å². The molecule has 3 aliphatic heterocycles. The maximum absolute atomic E-state index is 5.46. The fraction of sp³-hybridized carbons (Fsp3) is 0.833. The van der Waals surface area contributed by atoms with Crippen molar-refractivity contribution >= 4 is 11.8 Å². The summed E-state index contributed by atoms with van der Waals surface area (Å²) >= 11 is 1.89. The number of hydrazine groups is 1. The van der Waals surface area contributed by atoms with Crippen LogP contribution in [0.4, 0.5) is 0 Å². The summed E-state index contributed by atoms with van der Waals surface area (Å²) in [6.45, 7) is 5.18. The fourth-order valence-electron chi connectivity index (χ4n) is 2.88. The number of piperidine rings is 1. The van der Waals surface area contributed by atoms with E-state index in [9.17, 15) is 0 Å². The van der Waals surface area contributed by atoms with Crippen LogP contribution >= 0.6 is 11.8 Å². The van der Waals surface area contributed by atoms with Crippen molar-refractivity contribution in [3.05, 3.63) is 11.6 Å². The number of rotatable bonds is 2. The van der Waals surface area contributed by atoms with E-state index >= 15 is 0 Å². The van der Waals surface area contributed by atoms with Gasteiger partial charge in [0.2, 0.25) is 0 Å². The predicted octanol–water partition coefficient (Wildman–Crippen LogP) is 1.52. The predicted molar refractivity (Wildman–Crippen MR) is 70.2 cm³/mol. The summed E-state index contributed by atoms with van der Waals surface area (Å²) in [6, 6.07) is 0. The molecule has 5 heteroatoms. The Morgan fingerprint density at radius 2 is 2.00 bits per heavy atom. The van der Waals surface area contributed by atoms with Crippen LogP contribution in [0.1, 0.15) is 19.3 Å². The van der Waals surface area contributed by atoms with Crippen LogP contribution in [-0.4, -0.2) is 59.8 Å². The second-order valence-corrected chi connectivity index (χ2v) is 5.67. The first-order valence-electron chi connectivity index (χ1n) is 6.58. The van der Waals surface area contributed by atoms with E-state index in [2.05, 4.69) is 26.5 Å². The molecule has 2 saturated heterocycles. The average Bonchev–Trinajstić information content (AvgIpc) is 2.94. The second-order valence-electron chi connectivity index (χ2n) is 4.81. The third-order valence-corrected chi connectivity index (χ3v) is 4.50. The highest BCUT2D eigenvalue weighted by atomic mass is 32.2. The van der Waals surface area contributed by atoms with Gasteiger partial charge in [-0.1, -0.05) is 0 Å². The van der Waals surface area contributed by atoms with Crippen LogP contribution in [-0.2, 0) is 4.74 Å². The fourth-order valence-corrected chi connectivity index (χ4v) is 3.58. The quantitative estimate of drug-likeness (QED) is 0.743. The summed E-state index contributed by atoms with van der Waals surface area (Å²) in [5.74, 6) is 1.08. The van der Waals surface area contributed by atoms with Crippen molar-refractivity contribution < 1.29 is 4.74 Å². The van der Waals surface area contributed by atoms with Crippen molar-refractivity contribution in [1.82, 2.24) is 14.9 Å². The monoisotopic (exact) mass is 255 g/mol. The summed E-state index contributed by atoms with van der Waals surface area (Å²) in [6.07, 6.45) is 6.81. The maximum Gasteiger partial charge on any atom is 0.0836 e. The normalized spacial score (nSPS) is 32.2. The van der Waals surface area contributed by atoms with Gasteiger partial charge in [-0.2, -0.15) is 0 Å². The Bertz CT molecular complexity index is 281. The zero-order chi connectivity index (χ0) is 11.5. The number of ether oxygens (including phenoxy) is 1. The topological polar surface area (TPSA) is 19.0 Å². The van der Waals surface area contributed by atoms with Crippen molar-refractivity contribution in [1.29, 1.82) is 0 Å². The van der Waals surface area contributed by atoms with E-state index in [0.717, 1.165) is 32.2 Å². The largest absolute Gasteiger partial charge is 0.379 e. The van der Waals surface area contributed by atoms with Gasteiger partial charge in [0, 0.05) is 25.8 Å². The molecule has 0 N–H and O–H groups in total. The zero-order valence-electron chi connectivity index (χ0n) is 10.3. The molecule has 0 aromatic rings. The molecule has 3 heterocycles. The van der Waals surface area contributed by atoms with Gasteiger partial charge in [0.25, 0.3) is 0 Å². The highest BCUT2D eigenvalue weighted by Gasteiger charge is 2.32. The smallest absolute Gasteiger partial charge is 0.0836 e. The molecule has 0 saturated carbocycles. The number of hydrogen-bond donors (Lipinski definition) is 0. The highest BCUT2D eigenvalue weighted by molar-refractivity contribution is 8.02. The van der Waals surface area contributed by atoms with Crippen molar-refractivity contribution in [3.8, 4) is 0 Å². The number of morpholine rings is 1. The molecule has 0 aliphatic carbocycles. The van der Waals surface area contributed by atoms with Gasteiger partial charge in [-0.3, -0.25) is 4.90 Å². The summed E-state index contributed by atoms with van der Waals surface area (Å²) in [5, 5.41) is 7.15. The van der Waals surface area contributed by atoms with Crippen LogP contribution in [0.15, 0.2) is 11.6 Å². The van der Waals surface area contributed by atoms with Gasteiger partial charge >= 0.3 is 0 Å². The molecule has 0 spiro atoms. The minimum absolute atomic E-state index is 0.594. The van der Waals surface area contributed by atoms with Crippen molar-refractivity contribution in [3.63, 3.8) is 0 Å². The second kappa shape index (κ2) is 5.61. The van der Waals surface area contributed by atoms with E-state index < -0.39 is 0 Å². The minimum Gasteiger partial charge on any atom is -0.379 e. The lowest BCUT2D eigenvalue weighted by atomic mass is 10.1. The lowest BCUT2D eigenvalue weighted by molar-refractivity contribution is -0.117. The van der Waals surface area contributed by atoms with Crippen LogP contribution in [0, 0.1) is 0 Å². The Morgan fingerprint density at radius 3 is 2.76 bits per heavy atom. The van der Waals surface area contributed by atoms with Crippen molar-refractivity contribution in [2.75, 3.05) is 38.7 Å². The summed E-state index contributed by atoms with van der Waals surface area (Å²) in [5.41, 5.74) is 0. The molecule has 3 aliphatic rings. The molecule has 1 unspecified atom stereocenters. The molecule has 96 valence electrons. The number of hydrogen-bond acceptors (Lipinski definition) is 5. The molecule has 0 amide bonds. The van der Waals surface area contributed by atoms with E-state index in [-0.39, 0.29) is 0 Å². The molecule has 1 atom stereocenters. The third kappa shape index (κ3) is 2.62. The van der Waals surface area contributed by atoms with E-state index in [4.69, 9.17) is 4.74 Å². The molecular weight excluding hydrogens is 234 g/mol. The Balaban J connectivity index is 1.67. The van der Waals surface area contributed by atoms with Crippen molar-refractivity contribution in [2.24, 2.45) is 0 Å². The summed E-state index contributed by atoms with van der Waals surface area (Å²) < 4.78 is 5.46. The highest BCUT2D eigenvalue weighted by Crippen LogP contribution is 2.27. The van der Waals surface area contributed by atoms with Gasteiger partial charge in [-0.25, -0.2) is 5.01 Å². The van der Waals surface area contributed by atoms with Crippen LogP contribution in [0.25, 0.3) is 0 Å². The standard InChI is InChI=1S/C12H21N3OS/c1-2-4-15(14-7-10-17-11-14)12(3-1)13-5-8-16-9-6-13/h7,10,12H,1-6,8-9,11H2. The van der Waals surface area contributed by atoms with Gasteiger partial charge in [0.1, 0.15) is 0 Å². The van der Waals surface area contributed by atoms with Crippen LogP contribution in [0.2, 0.25) is 0 Å². The maximum atomic E-state index is 5.46. The molecular formula is C12H21N3OS. The van der Waals surface area contributed by atoms with Gasteiger partial charge < -0.3 is 9.75 Å². The first-order chi connectivity index (χ1) is 8.45. The van der Waals surface area contributed by atoms with Gasteiger partial charge in [-0.05, 0) is 24.7 Å². The first kappa shape index (κ1) is 11.8. The zero-order valence-corrected chi connectivity index (χ0v) is 11.1. The Kier molecular flexibility index (Phi) is 3.90. The first-order valence-corrected chi connectivity index (χ1v) is 7.63. The molecule has 0 radical (unpaired) electrons. The summed E-state index contributed by atoms with van der Waals surface area (Å²) in [4.78, 5) is 2.60. The van der Waals surface area contributed by atoms with Crippen LogP contribution in [0.3, 0.4) is 0 Å². The van der Waals surface area contributed by atoms with Crippen LogP contribution < -0.4 is 0 Å². The van der Waals surface area contributed by atoms with E-state index in [1.54, 1.807) is 0 Å². The molecule has 0 aromatic heterocycles. The third-order valence-electron chi connectivity index (χ3n) is 3.78. The van der Waals surface area contributed by atoms with Crippen LogP contribution in [0.5, 0.6) is 0 Å². The molecule has 4 nitrogen and oxygen atoms in total. The molecule has 17 heavy (non-hydrogen) atoms. The van der Waals surface area contributed by atoms with Crippen molar-refractivity contribution in [2.45, 2.75) is 25.4 Å². The van der Waals surface area contributed by atoms with Gasteiger partial charge in [0.05, 0.1) is 25.3 Å². The molecule has 0 bridgehead atoms. The number of nitrogens with zero attached hydrogens (tertiary/aromatic N) is 3. The SMILES string of the molecule is C1=CN(N2CCCCC2N2CCOCC2)CS1. The van der Waals surface area contributed by atoms with E-state index in [1.165, 1.54) is 25.8 Å². The van der Waals surface area contributed by atoms with E-state index in [1.807, 2.05) is 11.8 Å². The lowest BCUT2D eigenvalue weighted by Crippen LogP contribution is -2.58. The summed E-state index contributed by atoms with van der Waals surface area (Å²) in [7, 11) is 0. The lowest BCUT2D eigenvalue weighted by Gasteiger charge is -2.47. The molecule has 3 rings (SSSR count). The van der Waals surface area contributed by atoms with Gasteiger partial charge in [-0.15, -0.1) is 11.8 Å². The number of thioether (sulfide) groups is 1. The average molecular weight is 255 g/mol.